The largest absolute Gasteiger partial charge is 0.360 e. The first-order valence-corrected chi connectivity index (χ1v) is 8.44. The Morgan fingerprint density at radius 1 is 1.00 bits per heavy atom. The van der Waals surface area contributed by atoms with Gasteiger partial charge in [0.15, 0.2) is 0 Å². The van der Waals surface area contributed by atoms with E-state index in [1.165, 1.54) is 12.3 Å². The van der Waals surface area contributed by atoms with E-state index in [2.05, 4.69) is 10.6 Å². The number of nitrogens with zero attached hydrogens (tertiary/aromatic N) is 1. The molecule has 2 N–H and O–H groups in total. The maximum atomic E-state index is 12.3. The van der Waals surface area contributed by atoms with Crippen LogP contribution in [0.15, 0.2) is 72.4 Å². The molecule has 3 rings (SSSR count). The van der Waals surface area contributed by atoms with Gasteiger partial charge in [0.25, 0.3) is 5.91 Å². The number of benzene rings is 3. The van der Waals surface area contributed by atoms with Crippen LogP contribution in [-0.2, 0) is 4.79 Å². The SMILES string of the molecule is N#C/C(=C/Nc1ccc2ccccc2c1)C(=O)Nc1ccc(Cl)cc1Cl. The maximum absolute atomic E-state index is 12.3. The van der Waals surface area contributed by atoms with E-state index in [-0.39, 0.29) is 5.57 Å². The van der Waals surface area contributed by atoms with Crippen LogP contribution in [0.5, 0.6) is 0 Å². The molecule has 6 heteroatoms. The van der Waals surface area contributed by atoms with E-state index in [9.17, 15) is 10.1 Å². The summed E-state index contributed by atoms with van der Waals surface area (Å²) in [6.45, 7) is 0. The minimum absolute atomic E-state index is 0.0795. The number of amides is 1. The Kier molecular flexibility index (Phi) is 5.43. The molecule has 0 fully saturated rings. The van der Waals surface area contributed by atoms with Crippen molar-refractivity contribution in [2.24, 2.45) is 0 Å². The fraction of sp³-hybridized carbons (Fsp3) is 0. The van der Waals surface area contributed by atoms with Gasteiger partial charge >= 0.3 is 0 Å². The van der Waals surface area contributed by atoms with Crippen molar-refractivity contribution in [3.63, 3.8) is 0 Å². The van der Waals surface area contributed by atoms with Gasteiger partial charge in [0, 0.05) is 16.9 Å². The Morgan fingerprint density at radius 2 is 1.77 bits per heavy atom. The summed E-state index contributed by atoms with van der Waals surface area (Å²) in [6, 6.07) is 20.3. The lowest BCUT2D eigenvalue weighted by Gasteiger charge is -2.08. The Labute approximate surface area is 160 Å². The van der Waals surface area contributed by atoms with Gasteiger partial charge in [0.05, 0.1) is 10.7 Å². The molecule has 0 heterocycles. The Morgan fingerprint density at radius 3 is 2.50 bits per heavy atom. The number of nitriles is 1. The number of halogens is 2. The van der Waals surface area contributed by atoms with E-state index < -0.39 is 5.91 Å². The highest BCUT2D eigenvalue weighted by Crippen LogP contribution is 2.25. The monoisotopic (exact) mass is 381 g/mol. The number of nitrogens with one attached hydrogen (secondary N) is 2. The van der Waals surface area contributed by atoms with Crippen molar-refractivity contribution in [1.82, 2.24) is 0 Å². The van der Waals surface area contributed by atoms with E-state index in [1.807, 2.05) is 48.5 Å². The lowest BCUT2D eigenvalue weighted by atomic mass is 10.1. The third-order valence-corrected chi connectivity index (χ3v) is 4.22. The molecule has 1 amide bonds. The molecule has 0 atom stereocenters. The van der Waals surface area contributed by atoms with Gasteiger partial charge < -0.3 is 10.6 Å². The zero-order valence-electron chi connectivity index (χ0n) is 13.5. The third-order valence-electron chi connectivity index (χ3n) is 3.68. The second kappa shape index (κ2) is 7.92. The molecule has 0 unspecified atom stereocenters. The molecule has 4 nitrogen and oxygen atoms in total. The van der Waals surface area contributed by atoms with E-state index in [0.29, 0.717) is 15.7 Å². The van der Waals surface area contributed by atoms with Gasteiger partial charge in [-0.25, -0.2) is 0 Å². The lowest BCUT2D eigenvalue weighted by Crippen LogP contribution is -2.14. The van der Waals surface area contributed by atoms with Crippen LogP contribution >= 0.6 is 23.2 Å². The molecule has 0 aliphatic rings. The summed E-state index contributed by atoms with van der Waals surface area (Å²) < 4.78 is 0. The summed E-state index contributed by atoms with van der Waals surface area (Å²) >= 11 is 11.9. The van der Waals surface area contributed by atoms with Gasteiger partial charge in [0.2, 0.25) is 0 Å². The Hall–Kier alpha value is -3.00. The third kappa shape index (κ3) is 4.15. The number of carbonyl (C=O) groups excluding carboxylic acids is 1. The van der Waals surface area contributed by atoms with Gasteiger partial charge in [-0.15, -0.1) is 0 Å². The molecule has 128 valence electrons. The number of fused-ring (bicyclic) bond motifs is 1. The topological polar surface area (TPSA) is 64.9 Å². The van der Waals surface area contributed by atoms with Crippen molar-refractivity contribution in [2.45, 2.75) is 0 Å². The molecule has 0 radical (unpaired) electrons. The molecule has 0 aliphatic carbocycles. The van der Waals surface area contributed by atoms with Crippen molar-refractivity contribution in [1.29, 1.82) is 5.26 Å². The minimum Gasteiger partial charge on any atom is -0.360 e. The van der Waals surface area contributed by atoms with Gasteiger partial charge in [-0.3, -0.25) is 4.79 Å². The molecule has 0 saturated carbocycles. The molecule has 3 aromatic rings. The first kappa shape index (κ1) is 17.8. The van der Waals surface area contributed by atoms with Crippen LogP contribution in [0, 0.1) is 11.3 Å². The van der Waals surface area contributed by atoms with E-state index >= 15 is 0 Å². The molecule has 3 aromatic carbocycles. The van der Waals surface area contributed by atoms with E-state index in [0.717, 1.165) is 16.5 Å². The molecular formula is C20H13Cl2N3O. The number of hydrogen-bond donors (Lipinski definition) is 2. The second-order valence-corrected chi connectivity index (χ2v) is 6.30. The fourth-order valence-electron chi connectivity index (χ4n) is 2.36. The number of carbonyl (C=O) groups is 1. The average Bonchev–Trinajstić information content (AvgIpc) is 2.64. The number of rotatable bonds is 4. The standard InChI is InChI=1S/C20H13Cl2N3O/c21-16-6-8-19(18(22)10-16)25-20(26)15(11-23)12-24-17-7-5-13-3-1-2-4-14(13)9-17/h1-10,12,24H,(H,25,26)/b15-12-. The molecule has 0 aliphatic heterocycles. The fourth-order valence-corrected chi connectivity index (χ4v) is 2.82. The van der Waals surface area contributed by atoms with Gasteiger partial charge in [-0.05, 0) is 41.1 Å². The van der Waals surface area contributed by atoms with E-state index in [4.69, 9.17) is 23.2 Å². The quantitative estimate of drug-likeness (QED) is 0.456. The summed E-state index contributed by atoms with van der Waals surface area (Å²) in [5.41, 5.74) is 1.07. The molecule has 0 saturated heterocycles. The van der Waals surface area contributed by atoms with Crippen LogP contribution < -0.4 is 10.6 Å². The first-order valence-electron chi connectivity index (χ1n) is 7.69. The molecule has 0 aromatic heterocycles. The summed E-state index contributed by atoms with van der Waals surface area (Å²) in [4.78, 5) is 12.3. The van der Waals surface area contributed by atoms with Crippen LogP contribution in [-0.4, -0.2) is 5.91 Å². The zero-order valence-corrected chi connectivity index (χ0v) is 15.0. The summed E-state index contributed by atoms with van der Waals surface area (Å²) in [7, 11) is 0. The van der Waals surface area contributed by atoms with Gasteiger partial charge in [-0.2, -0.15) is 5.26 Å². The summed E-state index contributed by atoms with van der Waals surface area (Å²) in [6.07, 6.45) is 1.36. The highest BCUT2D eigenvalue weighted by Gasteiger charge is 2.11. The zero-order chi connectivity index (χ0) is 18.5. The highest BCUT2D eigenvalue weighted by molar-refractivity contribution is 6.36. The van der Waals surface area contributed by atoms with Crippen molar-refractivity contribution >= 4 is 51.3 Å². The van der Waals surface area contributed by atoms with Crippen molar-refractivity contribution < 1.29 is 4.79 Å². The van der Waals surface area contributed by atoms with Crippen LogP contribution in [0.4, 0.5) is 11.4 Å². The maximum Gasteiger partial charge on any atom is 0.267 e. The summed E-state index contributed by atoms with van der Waals surface area (Å²) in [5.74, 6) is -0.565. The second-order valence-electron chi connectivity index (χ2n) is 5.45. The predicted octanol–water partition coefficient (Wildman–Crippen LogP) is 5.60. The van der Waals surface area contributed by atoms with Crippen LogP contribution in [0.3, 0.4) is 0 Å². The van der Waals surface area contributed by atoms with Crippen molar-refractivity contribution in [2.75, 3.05) is 10.6 Å². The molecule has 26 heavy (non-hydrogen) atoms. The van der Waals surface area contributed by atoms with Gasteiger partial charge in [0.1, 0.15) is 11.6 Å². The Bertz CT molecular complexity index is 1050. The van der Waals surface area contributed by atoms with E-state index in [1.54, 1.807) is 12.1 Å². The van der Waals surface area contributed by atoms with Crippen molar-refractivity contribution in [3.05, 3.63) is 82.5 Å². The minimum atomic E-state index is -0.565. The predicted molar refractivity (Wildman–Crippen MR) is 106 cm³/mol. The molecule has 0 spiro atoms. The van der Waals surface area contributed by atoms with Crippen molar-refractivity contribution in [3.8, 4) is 6.07 Å². The lowest BCUT2D eigenvalue weighted by molar-refractivity contribution is -0.112. The Balaban J connectivity index is 1.76. The normalized spacial score (nSPS) is 11.0. The van der Waals surface area contributed by atoms with Crippen LogP contribution in [0.2, 0.25) is 10.0 Å². The molecular weight excluding hydrogens is 369 g/mol. The van der Waals surface area contributed by atoms with Gasteiger partial charge in [-0.1, -0.05) is 53.5 Å². The summed E-state index contributed by atoms with van der Waals surface area (Å²) in [5, 5.41) is 17.8. The first-order chi connectivity index (χ1) is 12.6. The van der Waals surface area contributed by atoms with Crippen LogP contribution in [0.25, 0.3) is 10.8 Å². The number of anilines is 2. The highest BCUT2D eigenvalue weighted by atomic mass is 35.5. The van der Waals surface area contributed by atoms with Crippen LogP contribution in [0.1, 0.15) is 0 Å². The molecule has 0 bridgehead atoms. The smallest absolute Gasteiger partial charge is 0.267 e. The average molecular weight is 382 g/mol. The number of hydrogen-bond acceptors (Lipinski definition) is 3.